The zero-order chi connectivity index (χ0) is 18.4. The maximum absolute atomic E-state index is 13.3. The Hall–Kier alpha value is -0.600. The van der Waals surface area contributed by atoms with E-state index in [-0.39, 0.29) is 35.2 Å². The van der Waals surface area contributed by atoms with Gasteiger partial charge in [0.2, 0.25) is 0 Å². The topological polar surface area (TPSA) is 39.7 Å². The minimum Gasteiger partial charge on any atom is -0.356 e. The molecule has 0 amide bonds. The van der Waals surface area contributed by atoms with Crippen LogP contribution < -0.4 is 10.6 Å². The van der Waals surface area contributed by atoms with Crippen LogP contribution >= 0.6 is 35.6 Å². The summed E-state index contributed by atoms with van der Waals surface area (Å²) in [6.07, 6.45) is 1.23. The molecular weight excluding hydrogens is 466 g/mol. The average molecular weight is 497 g/mol. The van der Waals surface area contributed by atoms with Crippen molar-refractivity contribution in [2.45, 2.75) is 32.6 Å². The van der Waals surface area contributed by atoms with Gasteiger partial charge in [-0.05, 0) is 43.1 Å². The first-order valence-corrected chi connectivity index (χ1v) is 9.36. The van der Waals surface area contributed by atoms with Crippen LogP contribution in [0.25, 0.3) is 0 Å². The van der Waals surface area contributed by atoms with E-state index in [1.54, 1.807) is 13.1 Å². The van der Waals surface area contributed by atoms with Gasteiger partial charge in [-0.3, -0.25) is 4.99 Å². The molecule has 1 heterocycles. The summed E-state index contributed by atoms with van der Waals surface area (Å²) in [4.78, 5) is 6.78. The highest BCUT2D eigenvalue weighted by atomic mass is 127. The summed E-state index contributed by atoms with van der Waals surface area (Å²) in [5, 5.41) is 7.25. The Labute approximate surface area is 179 Å². The van der Waals surface area contributed by atoms with Crippen molar-refractivity contribution in [3.05, 3.63) is 34.6 Å². The number of nitrogens with zero attached hydrogens (tertiary/aromatic N) is 2. The predicted molar refractivity (Wildman–Crippen MR) is 119 cm³/mol. The Bertz CT molecular complexity index is 609. The molecule has 1 aliphatic rings. The van der Waals surface area contributed by atoms with Gasteiger partial charge in [0, 0.05) is 37.1 Å². The predicted octanol–water partition coefficient (Wildman–Crippen LogP) is 3.88. The number of aliphatic imine (C=N–C) groups is 1. The van der Waals surface area contributed by atoms with Gasteiger partial charge in [0.15, 0.2) is 5.96 Å². The third-order valence-corrected chi connectivity index (χ3v) is 5.27. The molecule has 148 valence electrons. The lowest BCUT2D eigenvalue weighted by Crippen LogP contribution is -2.45. The summed E-state index contributed by atoms with van der Waals surface area (Å²) < 4.78 is 13.3. The lowest BCUT2D eigenvalue weighted by Gasteiger charge is -2.28. The Morgan fingerprint density at radius 3 is 2.69 bits per heavy atom. The first kappa shape index (κ1) is 23.4. The monoisotopic (exact) mass is 496 g/mol. The smallest absolute Gasteiger partial charge is 0.191 e. The SMILES string of the molecule is CCN1CCC(CNC(=NC)NCC(C)(C)c2ccc(F)cc2Cl)C1.I. The summed E-state index contributed by atoms with van der Waals surface area (Å²) in [5.41, 5.74) is 0.683. The highest BCUT2D eigenvalue weighted by Crippen LogP contribution is 2.29. The standard InChI is InChI=1S/C19H30ClFN4.HI/c1-5-25-9-8-14(12-25)11-23-18(22-4)24-13-19(2,3)16-7-6-15(21)10-17(16)20;/h6-7,10,14H,5,8-9,11-13H2,1-4H3,(H2,22,23,24);1H. The van der Waals surface area contributed by atoms with Crippen LogP contribution in [0.5, 0.6) is 0 Å². The van der Waals surface area contributed by atoms with Crippen molar-refractivity contribution in [2.75, 3.05) is 39.8 Å². The van der Waals surface area contributed by atoms with Crippen molar-refractivity contribution in [2.24, 2.45) is 10.9 Å². The summed E-state index contributed by atoms with van der Waals surface area (Å²) in [6.45, 7) is 11.4. The average Bonchev–Trinajstić information content (AvgIpc) is 3.02. The van der Waals surface area contributed by atoms with Crippen LogP contribution in [-0.4, -0.2) is 50.6 Å². The van der Waals surface area contributed by atoms with Crippen molar-refractivity contribution in [3.8, 4) is 0 Å². The van der Waals surface area contributed by atoms with Gasteiger partial charge in [-0.1, -0.05) is 38.4 Å². The molecule has 1 atom stereocenters. The zero-order valence-electron chi connectivity index (χ0n) is 16.1. The van der Waals surface area contributed by atoms with E-state index in [1.165, 1.54) is 25.1 Å². The molecule has 1 aromatic carbocycles. The molecule has 0 bridgehead atoms. The van der Waals surface area contributed by atoms with Gasteiger partial charge in [-0.25, -0.2) is 4.39 Å². The molecule has 1 aromatic rings. The highest BCUT2D eigenvalue weighted by molar-refractivity contribution is 14.0. The minimum atomic E-state index is -0.312. The fraction of sp³-hybridized carbons (Fsp3) is 0.632. The highest BCUT2D eigenvalue weighted by Gasteiger charge is 2.25. The van der Waals surface area contributed by atoms with Gasteiger partial charge in [0.25, 0.3) is 0 Å². The Balaban J connectivity index is 0.00000338. The van der Waals surface area contributed by atoms with Crippen LogP contribution in [0, 0.1) is 11.7 Å². The molecule has 1 saturated heterocycles. The normalized spacial score (nSPS) is 18.5. The summed E-state index contributed by atoms with van der Waals surface area (Å²) in [7, 11) is 1.78. The Morgan fingerprint density at radius 2 is 2.12 bits per heavy atom. The van der Waals surface area contributed by atoms with Gasteiger partial charge in [-0.15, -0.1) is 24.0 Å². The van der Waals surface area contributed by atoms with Gasteiger partial charge in [-0.2, -0.15) is 0 Å². The Morgan fingerprint density at radius 1 is 1.38 bits per heavy atom. The van der Waals surface area contributed by atoms with Crippen LogP contribution in [0.4, 0.5) is 4.39 Å². The third kappa shape index (κ3) is 6.53. The molecule has 1 aliphatic heterocycles. The second kappa shape index (κ2) is 10.7. The first-order chi connectivity index (χ1) is 11.9. The van der Waals surface area contributed by atoms with Crippen molar-refractivity contribution in [1.29, 1.82) is 0 Å². The third-order valence-electron chi connectivity index (χ3n) is 4.96. The van der Waals surface area contributed by atoms with E-state index in [0.29, 0.717) is 17.5 Å². The van der Waals surface area contributed by atoms with Crippen molar-refractivity contribution in [3.63, 3.8) is 0 Å². The molecular formula is C19H31ClFIN4. The number of nitrogens with one attached hydrogen (secondary N) is 2. The van der Waals surface area contributed by atoms with Crippen LogP contribution in [-0.2, 0) is 5.41 Å². The summed E-state index contributed by atoms with van der Waals surface area (Å²) in [5.74, 6) is 1.15. The van der Waals surface area contributed by atoms with E-state index in [4.69, 9.17) is 11.6 Å². The van der Waals surface area contributed by atoms with Gasteiger partial charge in [0.05, 0.1) is 0 Å². The van der Waals surface area contributed by atoms with E-state index in [2.05, 4.69) is 41.3 Å². The molecule has 7 heteroatoms. The summed E-state index contributed by atoms with van der Waals surface area (Å²) in [6, 6.07) is 4.58. The molecule has 1 unspecified atom stereocenters. The second-order valence-corrected chi connectivity index (χ2v) is 7.77. The van der Waals surface area contributed by atoms with Crippen LogP contribution in [0.1, 0.15) is 32.8 Å². The van der Waals surface area contributed by atoms with Crippen molar-refractivity contribution >= 4 is 41.5 Å². The number of halogens is 3. The lowest BCUT2D eigenvalue weighted by molar-refractivity contribution is 0.341. The van der Waals surface area contributed by atoms with E-state index < -0.39 is 0 Å². The fourth-order valence-electron chi connectivity index (χ4n) is 3.27. The number of hydrogen-bond donors (Lipinski definition) is 2. The quantitative estimate of drug-likeness (QED) is 0.357. The van der Waals surface area contributed by atoms with E-state index in [0.717, 1.165) is 31.2 Å². The molecule has 2 rings (SSSR count). The first-order valence-electron chi connectivity index (χ1n) is 8.98. The van der Waals surface area contributed by atoms with Crippen LogP contribution in [0.2, 0.25) is 5.02 Å². The maximum Gasteiger partial charge on any atom is 0.191 e. The molecule has 4 nitrogen and oxygen atoms in total. The molecule has 0 spiro atoms. The van der Waals surface area contributed by atoms with Gasteiger partial charge in [0.1, 0.15) is 5.82 Å². The van der Waals surface area contributed by atoms with Crippen LogP contribution in [0.15, 0.2) is 23.2 Å². The number of hydrogen-bond acceptors (Lipinski definition) is 2. The van der Waals surface area contributed by atoms with Crippen LogP contribution in [0.3, 0.4) is 0 Å². The largest absolute Gasteiger partial charge is 0.356 e. The van der Waals surface area contributed by atoms with E-state index in [1.807, 2.05) is 0 Å². The number of rotatable bonds is 6. The zero-order valence-corrected chi connectivity index (χ0v) is 19.2. The van der Waals surface area contributed by atoms with Gasteiger partial charge < -0.3 is 15.5 Å². The Kier molecular flexibility index (Phi) is 9.61. The van der Waals surface area contributed by atoms with E-state index >= 15 is 0 Å². The number of likely N-dealkylation sites (tertiary alicyclic amines) is 1. The summed E-state index contributed by atoms with van der Waals surface area (Å²) >= 11 is 6.22. The van der Waals surface area contributed by atoms with Crippen molar-refractivity contribution < 1.29 is 4.39 Å². The molecule has 2 N–H and O–H groups in total. The minimum absolute atomic E-state index is 0. The maximum atomic E-state index is 13.3. The molecule has 0 radical (unpaired) electrons. The number of guanidine groups is 1. The molecule has 0 aliphatic carbocycles. The van der Waals surface area contributed by atoms with E-state index in [9.17, 15) is 4.39 Å². The second-order valence-electron chi connectivity index (χ2n) is 7.36. The van der Waals surface area contributed by atoms with Crippen molar-refractivity contribution in [1.82, 2.24) is 15.5 Å². The molecule has 0 aromatic heterocycles. The van der Waals surface area contributed by atoms with Gasteiger partial charge >= 0.3 is 0 Å². The lowest BCUT2D eigenvalue weighted by atomic mass is 9.84. The molecule has 26 heavy (non-hydrogen) atoms. The molecule has 0 saturated carbocycles. The fourth-order valence-corrected chi connectivity index (χ4v) is 3.69. The number of benzene rings is 1. The molecule has 1 fully saturated rings.